The Hall–Kier alpha value is -2.77. The molecule has 1 fully saturated rings. The Bertz CT molecular complexity index is 690. The lowest BCUT2D eigenvalue weighted by molar-refractivity contribution is -0.130. The van der Waals surface area contributed by atoms with Crippen LogP contribution in [0.2, 0.25) is 0 Å². The second-order valence-corrected chi connectivity index (χ2v) is 5.62. The highest BCUT2D eigenvalue weighted by atomic mass is 19.3. The molecule has 1 aliphatic heterocycles. The first kappa shape index (κ1) is 17.1. The molecule has 132 valence electrons. The number of hydrogen-bond acceptors (Lipinski definition) is 5. The predicted octanol–water partition coefficient (Wildman–Crippen LogP) is 1.97. The lowest BCUT2D eigenvalue weighted by Crippen LogP contribution is -2.49. The molecule has 8 heteroatoms. The largest absolute Gasteiger partial charge is 0.435 e. The average Bonchev–Trinajstić information content (AvgIpc) is 2.64. The van der Waals surface area contributed by atoms with Gasteiger partial charge in [-0.15, -0.1) is 0 Å². The van der Waals surface area contributed by atoms with Crippen LogP contribution >= 0.6 is 0 Å². The van der Waals surface area contributed by atoms with E-state index in [1.165, 1.54) is 12.1 Å². The van der Waals surface area contributed by atoms with E-state index in [1.807, 2.05) is 4.90 Å². The summed E-state index contributed by atoms with van der Waals surface area (Å²) in [5, 5.41) is 0. The van der Waals surface area contributed by atoms with E-state index < -0.39 is 6.61 Å². The third-order valence-corrected chi connectivity index (χ3v) is 3.97. The molecule has 0 aliphatic carbocycles. The molecule has 1 aliphatic rings. The highest BCUT2D eigenvalue weighted by Crippen LogP contribution is 2.16. The number of halogens is 2. The second kappa shape index (κ2) is 7.87. The zero-order chi connectivity index (χ0) is 17.6. The Kier molecular flexibility index (Phi) is 5.37. The van der Waals surface area contributed by atoms with Gasteiger partial charge in [-0.2, -0.15) is 8.78 Å². The summed E-state index contributed by atoms with van der Waals surface area (Å²) in [7, 11) is 0. The van der Waals surface area contributed by atoms with Crippen molar-refractivity contribution in [3.8, 4) is 5.75 Å². The van der Waals surface area contributed by atoms with Gasteiger partial charge in [0.25, 0.3) is 0 Å². The van der Waals surface area contributed by atoms with E-state index in [-0.39, 0.29) is 18.1 Å². The Labute approximate surface area is 144 Å². The van der Waals surface area contributed by atoms with Crippen LogP contribution in [0.15, 0.2) is 42.7 Å². The van der Waals surface area contributed by atoms with Crippen molar-refractivity contribution >= 4 is 11.9 Å². The summed E-state index contributed by atoms with van der Waals surface area (Å²) in [4.78, 5) is 24.7. The molecule has 0 radical (unpaired) electrons. The molecule has 0 saturated carbocycles. The average molecular weight is 348 g/mol. The highest BCUT2D eigenvalue weighted by molar-refractivity contribution is 5.79. The Morgan fingerprint density at radius 1 is 1.08 bits per heavy atom. The number of nitrogens with zero attached hydrogens (tertiary/aromatic N) is 4. The molecule has 3 rings (SSSR count). The number of ether oxygens (including phenoxy) is 1. The van der Waals surface area contributed by atoms with Gasteiger partial charge in [-0.25, -0.2) is 9.97 Å². The fraction of sp³-hybridized carbons (Fsp3) is 0.353. The number of rotatable bonds is 5. The molecule has 0 atom stereocenters. The van der Waals surface area contributed by atoms with Gasteiger partial charge in [-0.3, -0.25) is 4.79 Å². The number of amides is 1. The van der Waals surface area contributed by atoms with Crippen molar-refractivity contribution in [2.45, 2.75) is 13.0 Å². The van der Waals surface area contributed by atoms with Crippen LogP contribution in [0.25, 0.3) is 0 Å². The first-order valence-electron chi connectivity index (χ1n) is 7.95. The first-order chi connectivity index (χ1) is 12.1. The smallest absolute Gasteiger partial charge is 0.387 e. The number of piperazine rings is 1. The molecule has 0 N–H and O–H groups in total. The number of alkyl halides is 2. The van der Waals surface area contributed by atoms with E-state index in [4.69, 9.17) is 0 Å². The fourth-order valence-electron chi connectivity index (χ4n) is 2.69. The predicted molar refractivity (Wildman–Crippen MR) is 87.6 cm³/mol. The van der Waals surface area contributed by atoms with Crippen molar-refractivity contribution in [3.63, 3.8) is 0 Å². The molecular weight excluding hydrogens is 330 g/mol. The number of carbonyl (C=O) groups excluding carboxylic acids is 1. The molecule has 1 amide bonds. The zero-order valence-electron chi connectivity index (χ0n) is 13.5. The van der Waals surface area contributed by atoms with E-state index in [0.717, 1.165) is 5.56 Å². The lowest BCUT2D eigenvalue weighted by atomic mass is 10.1. The molecule has 1 saturated heterocycles. The van der Waals surface area contributed by atoms with Gasteiger partial charge in [0, 0.05) is 38.6 Å². The maximum Gasteiger partial charge on any atom is 0.387 e. The molecule has 1 aromatic carbocycles. The van der Waals surface area contributed by atoms with Crippen LogP contribution in [0.1, 0.15) is 5.56 Å². The Morgan fingerprint density at radius 3 is 2.32 bits per heavy atom. The van der Waals surface area contributed by atoms with Gasteiger partial charge in [0.15, 0.2) is 0 Å². The topological polar surface area (TPSA) is 58.6 Å². The van der Waals surface area contributed by atoms with Crippen LogP contribution in [-0.2, 0) is 11.2 Å². The zero-order valence-corrected chi connectivity index (χ0v) is 13.5. The van der Waals surface area contributed by atoms with Crippen molar-refractivity contribution in [1.29, 1.82) is 0 Å². The monoisotopic (exact) mass is 348 g/mol. The van der Waals surface area contributed by atoms with E-state index in [9.17, 15) is 13.6 Å². The minimum absolute atomic E-state index is 0.0103. The minimum atomic E-state index is -2.85. The van der Waals surface area contributed by atoms with Crippen molar-refractivity contribution in [2.24, 2.45) is 0 Å². The number of benzene rings is 1. The van der Waals surface area contributed by atoms with Crippen LogP contribution in [-0.4, -0.2) is 53.6 Å². The van der Waals surface area contributed by atoms with Crippen molar-refractivity contribution < 1.29 is 18.3 Å². The number of hydrogen-bond donors (Lipinski definition) is 0. The molecule has 2 aromatic rings. The van der Waals surface area contributed by atoms with Gasteiger partial charge in [0.05, 0.1) is 6.42 Å². The summed E-state index contributed by atoms with van der Waals surface area (Å²) >= 11 is 0. The second-order valence-electron chi connectivity index (χ2n) is 5.62. The van der Waals surface area contributed by atoms with Crippen LogP contribution in [0.5, 0.6) is 5.75 Å². The van der Waals surface area contributed by atoms with Crippen LogP contribution in [0, 0.1) is 0 Å². The van der Waals surface area contributed by atoms with E-state index >= 15 is 0 Å². The summed E-state index contributed by atoms with van der Waals surface area (Å²) in [6.45, 7) is -0.293. The Morgan fingerprint density at radius 2 is 1.72 bits per heavy atom. The van der Waals surface area contributed by atoms with Gasteiger partial charge in [-0.05, 0) is 23.8 Å². The van der Waals surface area contributed by atoms with Crippen molar-refractivity contribution in [1.82, 2.24) is 14.9 Å². The molecule has 25 heavy (non-hydrogen) atoms. The number of anilines is 1. The van der Waals surface area contributed by atoms with Crippen LogP contribution in [0.4, 0.5) is 14.7 Å². The third kappa shape index (κ3) is 4.62. The fourth-order valence-corrected chi connectivity index (χ4v) is 2.69. The molecular formula is C17H18F2N4O2. The van der Waals surface area contributed by atoms with E-state index in [1.54, 1.807) is 35.5 Å². The first-order valence-corrected chi connectivity index (χ1v) is 7.95. The maximum atomic E-state index is 12.4. The van der Waals surface area contributed by atoms with Gasteiger partial charge >= 0.3 is 6.61 Å². The molecule has 1 aromatic heterocycles. The molecule has 6 nitrogen and oxygen atoms in total. The summed E-state index contributed by atoms with van der Waals surface area (Å²) < 4.78 is 28.6. The summed E-state index contributed by atoms with van der Waals surface area (Å²) in [6, 6.07) is 7.91. The maximum absolute atomic E-state index is 12.4. The highest BCUT2D eigenvalue weighted by Gasteiger charge is 2.22. The number of carbonyl (C=O) groups is 1. The molecule has 0 unspecified atom stereocenters. The quantitative estimate of drug-likeness (QED) is 0.827. The van der Waals surface area contributed by atoms with Crippen LogP contribution in [0.3, 0.4) is 0 Å². The van der Waals surface area contributed by atoms with Crippen molar-refractivity contribution in [3.05, 3.63) is 48.3 Å². The summed E-state index contributed by atoms with van der Waals surface area (Å²) in [5.41, 5.74) is 0.764. The normalized spacial score (nSPS) is 14.7. The van der Waals surface area contributed by atoms with Gasteiger partial charge < -0.3 is 14.5 Å². The van der Waals surface area contributed by atoms with Gasteiger partial charge in [0.1, 0.15) is 5.75 Å². The molecule has 0 spiro atoms. The third-order valence-electron chi connectivity index (χ3n) is 3.97. The standard InChI is InChI=1S/C17H18F2N4O2/c18-16(19)25-14-4-2-13(3-5-14)12-15(24)22-8-10-23(11-9-22)17-20-6-1-7-21-17/h1-7,16H,8-12H2. The number of aromatic nitrogens is 2. The summed E-state index contributed by atoms with van der Waals surface area (Å²) in [6.07, 6.45) is 3.62. The summed E-state index contributed by atoms with van der Waals surface area (Å²) in [5.74, 6) is 0.767. The van der Waals surface area contributed by atoms with Crippen LogP contribution < -0.4 is 9.64 Å². The SMILES string of the molecule is O=C(Cc1ccc(OC(F)F)cc1)N1CCN(c2ncccn2)CC1. The van der Waals surface area contributed by atoms with Crippen molar-refractivity contribution in [2.75, 3.05) is 31.1 Å². The van der Waals surface area contributed by atoms with E-state index in [0.29, 0.717) is 32.1 Å². The van der Waals surface area contributed by atoms with Gasteiger partial charge in [0.2, 0.25) is 11.9 Å². The lowest BCUT2D eigenvalue weighted by Gasteiger charge is -2.34. The Balaban J connectivity index is 1.51. The van der Waals surface area contributed by atoms with E-state index in [2.05, 4.69) is 14.7 Å². The van der Waals surface area contributed by atoms with Gasteiger partial charge in [-0.1, -0.05) is 12.1 Å². The molecule has 0 bridgehead atoms. The minimum Gasteiger partial charge on any atom is -0.435 e. The molecule has 2 heterocycles.